The van der Waals surface area contributed by atoms with Crippen molar-refractivity contribution in [2.75, 3.05) is 17.7 Å². The first-order valence-corrected chi connectivity index (χ1v) is 5.82. The molecule has 3 nitrogen and oxygen atoms in total. The Hall–Kier alpha value is -2.54. The molecule has 2 aromatic carbocycles. The average molecular weight is 255 g/mol. The fourth-order valence-corrected chi connectivity index (χ4v) is 1.90. The van der Waals surface area contributed by atoms with Gasteiger partial charge in [-0.25, -0.2) is 4.39 Å². The van der Waals surface area contributed by atoms with Crippen molar-refractivity contribution < 1.29 is 4.39 Å². The lowest BCUT2D eigenvalue weighted by Gasteiger charge is -2.22. The van der Waals surface area contributed by atoms with Crippen LogP contribution in [0, 0.1) is 24.1 Å². The molecule has 0 atom stereocenters. The summed E-state index contributed by atoms with van der Waals surface area (Å²) in [7, 11) is 1.83. The van der Waals surface area contributed by atoms with Gasteiger partial charge in [0.1, 0.15) is 5.82 Å². The Kier molecular flexibility index (Phi) is 3.39. The number of rotatable bonds is 2. The summed E-state index contributed by atoms with van der Waals surface area (Å²) in [5.74, 6) is -0.319. The molecule has 0 spiro atoms. The van der Waals surface area contributed by atoms with Crippen molar-refractivity contribution in [3.63, 3.8) is 0 Å². The van der Waals surface area contributed by atoms with Gasteiger partial charge in [0.15, 0.2) is 0 Å². The minimum atomic E-state index is -0.319. The lowest BCUT2D eigenvalue weighted by molar-refractivity contribution is 0.619. The average Bonchev–Trinajstić information content (AvgIpc) is 2.42. The molecule has 96 valence electrons. The fourth-order valence-electron chi connectivity index (χ4n) is 1.90. The Morgan fingerprint density at radius 2 is 2.00 bits per heavy atom. The fraction of sp³-hybridized carbons (Fsp3) is 0.133. The standard InChI is InChI=1S/C15H14FN3/c1-10-6-15(14(18)8-13(10)16)19(2)12-5-3-4-11(7-12)9-17/h3-8H,18H2,1-2H3. The van der Waals surface area contributed by atoms with Crippen molar-refractivity contribution in [1.29, 1.82) is 5.26 Å². The van der Waals surface area contributed by atoms with Crippen LogP contribution in [0.4, 0.5) is 21.5 Å². The lowest BCUT2D eigenvalue weighted by Crippen LogP contribution is -2.12. The van der Waals surface area contributed by atoms with Gasteiger partial charge < -0.3 is 10.6 Å². The van der Waals surface area contributed by atoms with E-state index in [1.165, 1.54) is 6.07 Å². The molecule has 0 aliphatic heterocycles. The summed E-state index contributed by atoms with van der Waals surface area (Å²) in [4.78, 5) is 1.84. The maximum atomic E-state index is 13.4. The molecule has 0 aromatic heterocycles. The molecule has 0 fully saturated rings. The lowest BCUT2D eigenvalue weighted by atomic mass is 10.1. The number of nitrogens with zero attached hydrogens (tertiary/aromatic N) is 2. The summed E-state index contributed by atoms with van der Waals surface area (Å²) >= 11 is 0. The number of nitrogen functional groups attached to an aromatic ring is 1. The van der Waals surface area contributed by atoms with E-state index in [-0.39, 0.29) is 5.82 Å². The molecule has 0 radical (unpaired) electrons. The summed E-state index contributed by atoms with van der Waals surface area (Å²) in [5, 5.41) is 8.91. The van der Waals surface area contributed by atoms with Crippen molar-refractivity contribution in [2.45, 2.75) is 6.92 Å². The summed E-state index contributed by atoms with van der Waals surface area (Å²) in [6, 6.07) is 12.3. The normalized spacial score (nSPS) is 10.0. The second-order valence-electron chi connectivity index (χ2n) is 4.38. The van der Waals surface area contributed by atoms with Gasteiger partial charge in [0.2, 0.25) is 0 Å². The van der Waals surface area contributed by atoms with E-state index < -0.39 is 0 Å². The van der Waals surface area contributed by atoms with Crippen LogP contribution in [0.3, 0.4) is 0 Å². The van der Waals surface area contributed by atoms with E-state index >= 15 is 0 Å². The second kappa shape index (κ2) is 4.99. The third kappa shape index (κ3) is 2.50. The molecule has 2 N–H and O–H groups in total. The molecule has 0 aliphatic rings. The first kappa shape index (κ1) is 12.9. The van der Waals surface area contributed by atoms with Crippen LogP contribution in [0.15, 0.2) is 36.4 Å². The Balaban J connectivity index is 2.47. The number of halogens is 1. The van der Waals surface area contributed by atoms with Crippen LogP contribution >= 0.6 is 0 Å². The maximum absolute atomic E-state index is 13.4. The van der Waals surface area contributed by atoms with Crippen LogP contribution in [0.2, 0.25) is 0 Å². The highest BCUT2D eigenvalue weighted by molar-refractivity contribution is 5.75. The van der Waals surface area contributed by atoms with Crippen molar-refractivity contribution in [2.24, 2.45) is 0 Å². The number of nitriles is 1. The molecule has 2 aromatic rings. The monoisotopic (exact) mass is 255 g/mol. The van der Waals surface area contributed by atoms with Crippen molar-refractivity contribution in [3.8, 4) is 6.07 Å². The van der Waals surface area contributed by atoms with Gasteiger partial charge in [-0.15, -0.1) is 0 Å². The quantitative estimate of drug-likeness (QED) is 0.837. The predicted octanol–water partition coefficient (Wildman–Crippen LogP) is 3.36. The van der Waals surface area contributed by atoms with Crippen LogP contribution in [0.1, 0.15) is 11.1 Å². The molecule has 0 unspecified atom stereocenters. The number of anilines is 3. The van der Waals surface area contributed by atoms with Gasteiger partial charge in [-0.3, -0.25) is 0 Å². The maximum Gasteiger partial charge on any atom is 0.128 e. The van der Waals surface area contributed by atoms with Crippen LogP contribution < -0.4 is 10.6 Å². The summed E-state index contributed by atoms with van der Waals surface area (Å²) in [6.07, 6.45) is 0. The van der Waals surface area contributed by atoms with Gasteiger partial charge in [0.25, 0.3) is 0 Å². The topological polar surface area (TPSA) is 53.0 Å². The second-order valence-corrected chi connectivity index (χ2v) is 4.38. The Morgan fingerprint density at radius 1 is 1.26 bits per heavy atom. The van der Waals surface area contributed by atoms with E-state index in [0.29, 0.717) is 22.5 Å². The van der Waals surface area contributed by atoms with E-state index in [2.05, 4.69) is 6.07 Å². The molecule has 0 saturated carbocycles. The number of hydrogen-bond acceptors (Lipinski definition) is 3. The SMILES string of the molecule is Cc1cc(N(C)c2cccc(C#N)c2)c(N)cc1F. The summed E-state index contributed by atoms with van der Waals surface area (Å²) in [5.41, 5.74) is 8.87. The van der Waals surface area contributed by atoms with Gasteiger partial charge in [0.05, 0.1) is 23.0 Å². The van der Waals surface area contributed by atoms with E-state index in [0.717, 1.165) is 5.69 Å². The summed E-state index contributed by atoms with van der Waals surface area (Å²) < 4.78 is 13.4. The molecule has 0 amide bonds. The van der Waals surface area contributed by atoms with Crippen molar-refractivity contribution in [3.05, 3.63) is 53.3 Å². The number of hydrogen-bond donors (Lipinski definition) is 1. The molecule has 0 saturated heterocycles. The minimum absolute atomic E-state index is 0.319. The predicted molar refractivity (Wildman–Crippen MR) is 74.8 cm³/mol. The van der Waals surface area contributed by atoms with Gasteiger partial charge in [0, 0.05) is 12.7 Å². The van der Waals surface area contributed by atoms with Crippen molar-refractivity contribution in [1.82, 2.24) is 0 Å². The largest absolute Gasteiger partial charge is 0.397 e. The molecular formula is C15H14FN3. The number of aryl methyl sites for hydroxylation is 1. The highest BCUT2D eigenvalue weighted by atomic mass is 19.1. The summed E-state index contributed by atoms with van der Waals surface area (Å²) in [6.45, 7) is 1.69. The van der Waals surface area contributed by atoms with Gasteiger partial charge in [-0.05, 0) is 42.8 Å². The Morgan fingerprint density at radius 3 is 2.68 bits per heavy atom. The van der Waals surface area contributed by atoms with Gasteiger partial charge >= 0.3 is 0 Å². The van der Waals surface area contributed by atoms with E-state index in [1.807, 2.05) is 18.0 Å². The van der Waals surface area contributed by atoms with Gasteiger partial charge in [-0.1, -0.05) is 6.07 Å². The molecule has 0 bridgehead atoms. The number of benzene rings is 2. The van der Waals surface area contributed by atoms with Crippen LogP contribution in [-0.4, -0.2) is 7.05 Å². The van der Waals surface area contributed by atoms with Crippen LogP contribution in [-0.2, 0) is 0 Å². The third-order valence-electron chi connectivity index (χ3n) is 3.03. The van der Waals surface area contributed by atoms with E-state index in [4.69, 9.17) is 11.0 Å². The molecule has 0 aliphatic carbocycles. The van der Waals surface area contributed by atoms with Crippen LogP contribution in [0.5, 0.6) is 0 Å². The zero-order valence-electron chi connectivity index (χ0n) is 10.8. The zero-order chi connectivity index (χ0) is 14.0. The van der Waals surface area contributed by atoms with E-state index in [1.54, 1.807) is 31.2 Å². The first-order valence-electron chi connectivity index (χ1n) is 5.82. The number of nitrogens with two attached hydrogens (primary N) is 1. The minimum Gasteiger partial charge on any atom is -0.397 e. The van der Waals surface area contributed by atoms with Gasteiger partial charge in [-0.2, -0.15) is 5.26 Å². The third-order valence-corrected chi connectivity index (χ3v) is 3.03. The Bertz CT molecular complexity index is 659. The highest BCUT2D eigenvalue weighted by Crippen LogP contribution is 2.31. The molecule has 0 heterocycles. The smallest absolute Gasteiger partial charge is 0.128 e. The Labute approximate surface area is 111 Å². The highest BCUT2D eigenvalue weighted by Gasteiger charge is 2.11. The zero-order valence-corrected chi connectivity index (χ0v) is 10.8. The van der Waals surface area contributed by atoms with Crippen molar-refractivity contribution >= 4 is 17.1 Å². The molecular weight excluding hydrogens is 241 g/mol. The first-order chi connectivity index (χ1) is 9.02. The van der Waals surface area contributed by atoms with Crippen LogP contribution in [0.25, 0.3) is 0 Å². The molecule has 19 heavy (non-hydrogen) atoms. The van der Waals surface area contributed by atoms with E-state index in [9.17, 15) is 4.39 Å². The molecule has 4 heteroatoms. The molecule has 2 rings (SSSR count).